The molecule has 0 bridgehead atoms. The number of nitrogens with one attached hydrogen (secondary N) is 1. The first kappa shape index (κ1) is 22.4. The minimum atomic E-state index is -3.67. The van der Waals surface area contributed by atoms with Gasteiger partial charge in [0.15, 0.2) is 5.84 Å². The van der Waals surface area contributed by atoms with Crippen molar-refractivity contribution in [2.45, 2.75) is 22.6 Å². The molecule has 2 aromatic carbocycles. The first-order valence-corrected chi connectivity index (χ1v) is 13.0. The van der Waals surface area contributed by atoms with Crippen molar-refractivity contribution in [1.82, 2.24) is 9.21 Å². The van der Waals surface area contributed by atoms with Crippen LogP contribution < -0.4 is 5.32 Å². The van der Waals surface area contributed by atoms with Crippen LogP contribution in [0, 0.1) is 5.92 Å². The Labute approximate surface area is 187 Å². The van der Waals surface area contributed by atoms with Gasteiger partial charge in [0.25, 0.3) is 10.0 Å². The summed E-state index contributed by atoms with van der Waals surface area (Å²) in [6.45, 7) is 1.03. The number of piperidine rings is 1. The van der Waals surface area contributed by atoms with E-state index >= 15 is 0 Å². The first-order chi connectivity index (χ1) is 15.1. The summed E-state index contributed by atoms with van der Waals surface area (Å²) in [4.78, 5) is 15.0. The lowest BCUT2D eigenvalue weighted by molar-refractivity contribution is -0.120. The number of benzene rings is 2. The highest BCUT2D eigenvalue weighted by Gasteiger charge is 2.34. The molecule has 1 N–H and O–H groups in total. The molecule has 2 aliphatic rings. The number of carbonyl (C=O) groups is 1. The van der Waals surface area contributed by atoms with Gasteiger partial charge in [0.2, 0.25) is 15.9 Å². The Bertz CT molecular complexity index is 1280. The molecule has 0 unspecified atom stereocenters. The second-order valence-corrected chi connectivity index (χ2v) is 11.7. The summed E-state index contributed by atoms with van der Waals surface area (Å²) < 4.78 is 54.0. The van der Waals surface area contributed by atoms with Crippen molar-refractivity contribution in [2.75, 3.05) is 32.5 Å². The van der Waals surface area contributed by atoms with E-state index < -0.39 is 20.0 Å². The lowest BCUT2D eigenvalue weighted by Gasteiger charge is -2.32. The number of hydrogen-bond donors (Lipinski definition) is 1. The van der Waals surface area contributed by atoms with E-state index in [-0.39, 0.29) is 21.6 Å². The molecule has 9 nitrogen and oxygen atoms in total. The van der Waals surface area contributed by atoms with Crippen molar-refractivity contribution < 1.29 is 21.6 Å². The third-order valence-electron chi connectivity index (χ3n) is 5.68. The maximum atomic E-state index is 12.7. The first-order valence-electron chi connectivity index (χ1n) is 10.1. The van der Waals surface area contributed by atoms with E-state index in [2.05, 4.69) is 9.71 Å². The van der Waals surface area contributed by atoms with E-state index in [0.29, 0.717) is 43.0 Å². The van der Waals surface area contributed by atoms with E-state index in [4.69, 9.17) is 0 Å². The van der Waals surface area contributed by atoms with Crippen molar-refractivity contribution in [1.29, 1.82) is 0 Å². The van der Waals surface area contributed by atoms with Crippen LogP contribution in [-0.4, -0.2) is 65.0 Å². The summed E-state index contributed by atoms with van der Waals surface area (Å²) in [5.74, 6) is 0.0664. The molecular weight excluding hydrogens is 452 g/mol. The number of rotatable bonds is 4. The highest BCUT2D eigenvalue weighted by molar-refractivity contribution is 7.90. The van der Waals surface area contributed by atoms with E-state index in [9.17, 15) is 21.6 Å². The van der Waals surface area contributed by atoms with Crippen LogP contribution in [0.15, 0.2) is 62.7 Å². The molecule has 0 aliphatic carbocycles. The van der Waals surface area contributed by atoms with Gasteiger partial charge in [-0.2, -0.15) is 8.42 Å². The van der Waals surface area contributed by atoms with Crippen molar-refractivity contribution in [2.24, 2.45) is 10.3 Å². The second kappa shape index (κ2) is 8.30. The largest absolute Gasteiger partial charge is 0.355 e. The quantitative estimate of drug-likeness (QED) is 0.719. The van der Waals surface area contributed by atoms with Gasteiger partial charge >= 0.3 is 0 Å². The standard InChI is InChI=1S/C21H24N4O5S2/c1-24(2)32(29,30)17-9-7-16(8-10-17)22-21(26)15-11-13-25(14-12-15)20-18-5-3-4-6-19(18)31(27,28)23-20/h3-10,15H,11-14H2,1-2H3,(H,22,26). The molecule has 11 heteroatoms. The molecule has 1 saturated heterocycles. The predicted octanol–water partition coefficient (Wildman–Crippen LogP) is 1.74. The Morgan fingerprint density at radius 2 is 1.69 bits per heavy atom. The van der Waals surface area contributed by atoms with Gasteiger partial charge in [-0.3, -0.25) is 4.79 Å². The van der Waals surface area contributed by atoms with Crippen LogP contribution in [0.5, 0.6) is 0 Å². The Morgan fingerprint density at radius 3 is 2.31 bits per heavy atom. The molecule has 1 amide bonds. The van der Waals surface area contributed by atoms with E-state index in [1.54, 1.807) is 36.4 Å². The molecule has 32 heavy (non-hydrogen) atoms. The number of sulfonamides is 2. The zero-order chi connectivity index (χ0) is 23.1. The number of fused-ring (bicyclic) bond motifs is 1. The Kier molecular flexibility index (Phi) is 5.82. The normalized spacial score (nSPS) is 18.3. The number of likely N-dealkylation sites (tertiary alicyclic amines) is 1. The van der Waals surface area contributed by atoms with Crippen molar-refractivity contribution in [3.8, 4) is 0 Å². The molecule has 1 fully saturated rings. The smallest absolute Gasteiger partial charge is 0.285 e. The van der Waals surface area contributed by atoms with E-state index in [0.717, 1.165) is 4.31 Å². The van der Waals surface area contributed by atoms with Gasteiger partial charge < -0.3 is 10.2 Å². The number of hydrogen-bond acceptors (Lipinski definition) is 6. The van der Waals surface area contributed by atoms with Crippen LogP contribution in [0.2, 0.25) is 0 Å². The Hall–Kier alpha value is -2.76. The Morgan fingerprint density at radius 1 is 1.06 bits per heavy atom. The summed E-state index contributed by atoms with van der Waals surface area (Å²) in [5.41, 5.74) is 1.12. The molecule has 0 spiro atoms. The highest BCUT2D eigenvalue weighted by Crippen LogP contribution is 2.30. The summed E-state index contributed by atoms with van der Waals surface area (Å²) >= 11 is 0. The summed E-state index contributed by atoms with van der Waals surface area (Å²) in [5, 5.41) is 2.84. The predicted molar refractivity (Wildman–Crippen MR) is 120 cm³/mol. The van der Waals surface area contributed by atoms with E-state index in [1.807, 2.05) is 4.90 Å². The van der Waals surface area contributed by atoms with Gasteiger partial charge in [-0.15, -0.1) is 4.40 Å². The maximum Gasteiger partial charge on any atom is 0.285 e. The lowest BCUT2D eigenvalue weighted by Crippen LogP contribution is -2.41. The molecule has 4 rings (SSSR count). The van der Waals surface area contributed by atoms with Crippen LogP contribution in [0.25, 0.3) is 0 Å². The van der Waals surface area contributed by atoms with Crippen LogP contribution in [0.1, 0.15) is 18.4 Å². The molecule has 2 aliphatic heterocycles. The summed E-state index contributed by atoms with van der Waals surface area (Å²) in [6.07, 6.45) is 1.11. The number of carbonyl (C=O) groups excluding carboxylic acids is 1. The molecule has 0 atom stereocenters. The molecule has 2 heterocycles. The average molecular weight is 477 g/mol. The monoisotopic (exact) mass is 476 g/mol. The number of amidine groups is 1. The van der Waals surface area contributed by atoms with Gasteiger partial charge in [0.05, 0.1) is 4.90 Å². The van der Waals surface area contributed by atoms with Gasteiger partial charge in [-0.25, -0.2) is 12.7 Å². The summed E-state index contributed by atoms with van der Waals surface area (Å²) in [6, 6.07) is 12.8. The summed E-state index contributed by atoms with van der Waals surface area (Å²) in [7, 11) is -4.28. The highest BCUT2D eigenvalue weighted by atomic mass is 32.2. The molecule has 2 aromatic rings. The van der Waals surface area contributed by atoms with E-state index in [1.165, 1.54) is 26.2 Å². The van der Waals surface area contributed by atoms with Crippen LogP contribution in [-0.2, 0) is 24.8 Å². The fourth-order valence-electron chi connectivity index (χ4n) is 3.84. The SMILES string of the molecule is CN(C)S(=O)(=O)c1ccc(NC(=O)C2CCN(C3=NS(=O)(=O)c4ccccc43)CC2)cc1. The Balaban J connectivity index is 1.39. The van der Waals surface area contributed by atoms with Crippen molar-refractivity contribution >= 4 is 37.5 Å². The van der Waals surface area contributed by atoms with Crippen molar-refractivity contribution in [3.63, 3.8) is 0 Å². The molecule has 0 saturated carbocycles. The minimum absolute atomic E-state index is 0.144. The third kappa shape index (κ3) is 4.15. The fraction of sp³-hybridized carbons (Fsp3) is 0.333. The minimum Gasteiger partial charge on any atom is -0.355 e. The van der Waals surface area contributed by atoms with Crippen LogP contribution in [0.4, 0.5) is 5.69 Å². The number of amides is 1. The topological polar surface area (TPSA) is 116 Å². The molecule has 170 valence electrons. The van der Waals surface area contributed by atoms with Gasteiger partial charge in [0, 0.05) is 44.4 Å². The fourth-order valence-corrected chi connectivity index (χ4v) is 5.96. The van der Waals surface area contributed by atoms with Gasteiger partial charge in [-0.05, 0) is 49.2 Å². The number of nitrogens with zero attached hydrogens (tertiary/aromatic N) is 3. The van der Waals surface area contributed by atoms with Crippen LogP contribution in [0.3, 0.4) is 0 Å². The maximum absolute atomic E-state index is 12.7. The van der Waals surface area contributed by atoms with Crippen LogP contribution >= 0.6 is 0 Å². The van der Waals surface area contributed by atoms with Gasteiger partial charge in [0.1, 0.15) is 4.90 Å². The lowest BCUT2D eigenvalue weighted by atomic mass is 9.95. The zero-order valence-electron chi connectivity index (χ0n) is 17.7. The second-order valence-electron chi connectivity index (χ2n) is 7.95. The molecule has 0 aromatic heterocycles. The molecule has 0 radical (unpaired) electrons. The van der Waals surface area contributed by atoms with Gasteiger partial charge in [-0.1, -0.05) is 12.1 Å². The third-order valence-corrected chi connectivity index (χ3v) is 8.83. The average Bonchev–Trinajstić information content (AvgIpc) is 3.05. The molecular formula is C21H24N4O5S2. The zero-order valence-corrected chi connectivity index (χ0v) is 19.4. The van der Waals surface area contributed by atoms with Crippen molar-refractivity contribution in [3.05, 3.63) is 54.1 Å². The number of anilines is 1.